The molecule has 0 radical (unpaired) electrons. The summed E-state index contributed by atoms with van der Waals surface area (Å²) in [5.41, 5.74) is -0.693. The van der Waals surface area contributed by atoms with Gasteiger partial charge in [0.25, 0.3) is 0 Å². The van der Waals surface area contributed by atoms with Gasteiger partial charge in [-0.05, 0) is 37.8 Å². The summed E-state index contributed by atoms with van der Waals surface area (Å²) < 4.78 is 13.5. The molecule has 1 spiro atoms. The summed E-state index contributed by atoms with van der Waals surface area (Å²) >= 11 is 3.59. The number of halogens is 1. The van der Waals surface area contributed by atoms with Gasteiger partial charge in [0, 0.05) is 31.0 Å². The van der Waals surface area contributed by atoms with E-state index in [1.807, 2.05) is 63.3 Å². The monoisotopic (exact) mass is 685 g/mol. The Kier molecular flexibility index (Phi) is 10.2. The molecule has 0 aliphatic carbocycles. The van der Waals surface area contributed by atoms with Gasteiger partial charge in [-0.1, -0.05) is 78.7 Å². The summed E-state index contributed by atoms with van der Waals surface area (Å²) in [7, 11) is 1.71. The van der Waals surface area contributed by atoms with E-state index in [0.717, 1.165) is 18.4 Å². The van der Waals surface area contributed by atoms with Crippen LogP contribution in [-0.2, 0) is 28.7 Å². The normalized spacial score (nSPS) is 33.7. The molecule has 8 atom stereocenters. The number of allylic oxidation sites excluding steroid dienone is 1. The number of aliphatic hydroxyl groups excluding tert-OH is 1. The van der Waals surface area contributed by atoms with E-state index in [4.69, 9.17) is 9.47 Å². The fourth-order valence-electron chi connectivity index (χ4n) is 7.25. The number of carbonyl (C=O) groups is 4. The highest BCUT2D eigenvalue weighted by molar-refractivity contribution is 9.11. The van der Waals surface area contributed by atoms with E-state index in [0.29, 0.717) is 30.4 Å². The quantitative estimate of drug-likeness (QED) is 0.343. The zero-order valence-corrected chi connectivity index (χ0v) is 28.0. The number of ether oxygens (including phenoxy) is 2. The third kappa shape index (κ3) is 5.87. The second-order valence-electron chi connectivity index (χ2n) is 12.5. The fourth-order valence-corrected chi connectivity index (χ4v) is 7.99. The Balaban J connectivity index is 1.64. The van der Waals surface area contributed by atoms with Crippen molar-refractivity contribution >= 4 is 39.6 Å². The minimum absolute atomic E-state index is 0.0975. The zero-order valence-electron chi connectivity index (χ0n) is 26.4. The van der Waals surface area contributed by atoms with Crippen LogP contribution in [0.15, 0.2) is 53.0 Å². The highest BCUT2D eigenvalue weighted by atomic mass is 79.9. The predicted molar refractivity (Wildman–Crippen MR) is 171 cm³/mol. The van der Waals surface area contributed by atoms with Crippen LogP contribution in [0.5, 0.6) is 0 Å². The molecule has 4 heterocycles. The standard InChI is InChI=1S/C34H44BrN3O7/c1-5-7-17-37-18-13-9-12-16-25(40)36(4)21(3)28(22-14-10-8-11-15-22)44-33(43)26-27-31(41)38(23(6-2)20-39)30(32(37)42)34(27)19-24(35)29(26)45-34/h8-11,13-15,19,21,23,26-30,39H,5-7,12,16-18,20H2,1-4H3/b13-9-/t21-,23+,26+,27-,28+,29+,30+,34-/m1/s1. The molecule has 244 valence electrons. The molecule has 1 aromatic rings. The van der Waals surface area contributed by atoms with Gasteiger partial charge in [-0.15, -0.1) is 0 Å². The molecule has 5 rings (SSSR count). The number of esters is 1. The van der Waals surface area contributed by atoms with Crippen molar-refractivity contribution in [3.63, 3.8) is 0 Å². The van der Waals surface area contributed by atoms with Crippen molar-refractivity contribution in [2.45, 2.75) is 88.8 Å². The molecule has 2 fully saturated rings. The number of likely N-dealkylation sites (tertiary alicyclic amines) is 1. The Labute approximate surface area is 273 Å². The smallest absolute Gasteiger partial charge is 0.313 e. The van der Waals surface area contributed by atoms with E-state index in [1.165, 1.54) is 4.90 Å². The summed E-state index contributed by atoms with van der Waals surface area (Å²) in [5.74, 6) is -3.48. The number of aliphatic hydroxyl groups is 1. The molecule has 4 aliphatic rings. The molecule has 11 heteroatoms. The number of benzene rings is 1. The Morgan fingerprint density at radius 1 is 1.07 bits per heavy atom. The number of fused-ring (bicyclic) bond motifs is 2. The molecule has 4 aliphatic heterocycles. The van der Waals surface area contributed by atoms with Gasteiger partial charge in [0.2, 0.25) is 17.7 Å². The van der Waals surface area contributed by atoms with Crippen molar-refractivity contribution in [3.05, 3.63) is 58.6 Å². The lowest BCUT2D eigenvalue weighted by Gasteiger charge is -2.38. The molecule has 1 aromatic carbocycles. The number of hydrogen-bond donors (Lipinski definition) is 1. The van der Waals surface area contributed by atoms with Crippen LogP contribution in [0.3, 0.4) is 0 Å². The van der Waals surface area contributed by atoms with Crippen LogP contribution in [0.2, 0.25) is 0 Å². The molecule has 3 amide bonds. The minimum atomic E-state index is -1.41. The summed E-state index contributed by atoms with van der Waals surface area (Å²) in [4.78, 5) is 61.4. The average Bonchev–Trinajstić information content (AvgIpc) is 3.64. The van der Waals surface area contributed by atoms with Gasteiger partial charge in [-0.25, -0.2) is 0 Å². The van der Waals surface area contributed by atoms with Crippen molar-refractivity contribution in [1.82, 2.24) is 14.7 Å². The second-order valence-corrected chi connectivity index (χ2v) is 13.4. The molecule has 2 saturated heterocycles. The topological polar surface area (TPSA) is 117 Å². The van der Waals surface area contributed by atoms with Crippen LogP contribution >= 0.6 is 15.9 Å². The number of nitrogens with zero attached hydrogens (tertiary/aromatic N) is 3. The molecule has 0 saturated carbocycles. The lowest BCUT2D eigenvalue weighted by molar-refractivity contribution is -0.164. The number of likely N-dealkylation sites (N-methyl/N-ethyl adjacent to an activating group) is 1. The highest BCUT2D eigenvalue weighted by Crippen LogP contribution is 2.59. The minimum Gasteiger partial charge on any atom is -0.455 e. The first-order valence-electron chi connectivity index (χ1n) is 16.0. The van der Waals surface area contributed by atoms with Crippen LogP contribution in [0.25, 0.3) is 0 Å². The summed E-state index contributed by atoms with van der Waals surface area (Å²) in [5, 5.41) is 10.4. The van der Waals surface area contributed by atoms with Crippen LogP contribution in [-0.4, -0.2) is 100 Å². The summed E-state index contributed by atoms with van der Waals surface area (Å²) in [6, 6.07) is 7.04. The molecule has 0 unspecified atom stereocenters. The fraction of sp³-hybridized carbons (Fsp3) is 0.588. The van der Waals surface area contributed by atoms with Gasteiger partial charge in [-0.2, -0.15) is 0 Å². The van der Waals surface area contributed by atoms with Crippen molar-refractivity contribution < 1.29 is 33.8 Å². The largest absolute Gasteiger partial charge is 0.455 e. The molecule has 0 aromatic heterocycles. The van der Waals surface area contributed by atoms with Crippen LogP contribution in [0.4, 0.5) is 0 Å². The first kappa shape index (κ1) is 33.3. The molecule has 45 heavy (non-hydrogen) atoms. The lowest BCUT2D eigenvalue weighted by atomic mass is 9.74. The SMILES string of the molecule is CCCCN1C/C=C\CCC(=O)N(C)[C@H](C)[C@@H](c2ccccc2)OC(=O)[C@@H]2[C@H]3O[C@@]4(C=C3Br)[C@H](C1=O)N([C@@H](CC)CO)C(=O)[C@@H]24. The first-order valence-corrected chi connectivity index (χ1v) is 16.8. The zero-order chi connectivity index (χ0) is 32.5. The number of hydrogen-bond acceptors (Lipinski definition) is 7. The number of amides is 3. The average molecular weight is 687 g/mol. The predicted octanol–water partition coefficient (Wildman–Crippen LogP) is 3.74. The molecule has 10 nitrogen and oxygen atoms in total. The van der Waals surface area contributed by atoms with Crippen molar-refractivity contribution in [2.75, 3.05) is 26.7 Å². The molecular formula is C34H44BrN3O7. The number of carbonyl (C=O) groups excluding carboxylic acids is 4. The summed E-state index contributed by atoms with van der Waals surface area (Å²) in [6.07, 6.45) is 6.73. The maximum Gasteiger partial charge on any atom is 0.313 e. The Bertz CT molecular complexity index is 1350. The molecule has 5 bridgehead atoms. The van der Waals surface area contributed by atoms with Gasteiger partial charge in [-0.3, -0.25) is 19.2 Å². The Morgan fingerprint density at radius 2 is 1.80 bits per heavy atom. The highest BCUT2D eigenvalue weighted by Gasteiger charge is 2.75. The van der Waals surface area contributed by atoms with Gasteiger partial charge >= 0.3 is 5.97 Å². The lowest BCUT2D eigenvalue weighted by Crippen LogP contribution is -2.58. The van der Waals surface area contributed by atoms with Crippen molar-refractivity contribution in [3.8, 4) is 0 Å². The van der Waals surface area contributed by atoms with Crippen LogP contribution < -0.4 is 0 Å². The number of rotatable bonds is 7. The van der Waals surface area contributed by atoms with Gasteiger partial charge in [0.1, 0.15) is 29.8 Å². The first-order chi connectivity index (χ1) is 21.6. The Hall–Kier alpha value is -3.02. The van der Waals surface area contributed by atoms with E-state index in [2.05, 4.69) is 15.9 Å². The van der Waals surface area contributed by atoms with E-state index in [1.54, 1.807) is 22.9 Å². The van der Waals surface area contributed by atoms with Crippen LogP contribution in [0, 0.1) is 11.8 Å². The third-order valence-electron chi connectivity index (χ3n) is 9.87. The molecule has 1 N–H and O–H groups in total. The van der Waals surface area contributed by atoms with E-state index >= 15 is 0 Å². The van der Waals surface area contributed by atoms with Gasteiger partial charge < -0.3 is 29.3 Å². The van der Waals surface area contributed by atoms with Gasteiger partial charge in [0.15, 0.2) is 0 Å². The van der Waals surface area contributed by atoms with E-state index in [-0.39, 0.29) is 24.8 Å². The van der Waals surface area contributed by atoms with Crippen molar-refractivity contribution in [1.29, 1.82) is 0 Å². The Morgan fingerprint density at radius 3 is 2.47 bits per heavy atom. The van der Waals surface area contributed by atoms with E-state index in [9.17, 15) is 24.3 Å². The van der Waals surface area contributed by atoms with E-state index < -0.39 is 59.6 Å². The van der Waals surface area contributed by atoms with Crippen LogP contribution in [0.1, 0.15) is 64.5 Å². The second kappa shape index (κ2) is 13.8. The maximum atomic E-state index is 14.6. The number of unbranched alkanes of at least 4 members (excludes halogenated alkanes) is 1. The van der Waals surface area contributed by atoms with Crippen molar-refractivity contribution in [2.24, 2.45) is 11.8 Å². The number of cyclic esters (lactones) is 1. The maximum absolute atomic E-state index is 14.6. The third-order valence-corrected chi connectivity index (χ3v) is 10.5. The molecular weight excluding hydrogens is 642 g/mol. The van der Waals surface area contributed by atoms with Gasteiger partial charge in [0.05, 0.1) is 24.6 Å². The summed E-state index contributed by atoms with van der Waals surface area (Å²) in [6.45, 7) is 6.18.